The number of urea groups is 1. The first-order valence-corrected chi connectivity index (χ1v) is 5.09. The third-order valence-electron chi connectivity index (χ3n) is 1.96. The highest BCUT2D eigenvalue weighted by atomic mass is 35.5. The Kier molecular flexibility index (Phi) is 3.83. The van der Waals surface area contributed by atoms with Crippen molar-refractivity contribution in [2.75, 3.05) is 26.0 Å². The molecule has 0 radical (unpaired) electrons. The molecule has 15 heavy (non-hydrogen) atoms. The zero-order valence-corrected chi connectivity index (χ0v) is 10.3. The fraction of sp³-hybridized carbons (Fsp3) is 0.300. The van der Waals surface area contributed by atoms with E-state index in [2.05, 4.69) is 0 Å². The van der Waals surface area contributed by atoms with Gasteiger partial charge in [0.15, 0.2) is 0 Å². The van der Waals surface area contributed by atoms with E-state index in [9.17, 15) is 4.79 Å². The average Bonchev–Trinajstić information content (AvgIpc) is 2.19. The summed E-state index contributed by atoms with van der Waals surface area (Å²) in [5.41, 5.74) is 0.711. The quantitative estimate of drug-likeness (QED) is 0.747. The van der Waals surface area contributed by atoms with E-state index in [4.69, 9.17) is 23.2 Å². The van der Waals surface area contributed by atoms with Crippen LogP contribution in [0.2, 0.25) is 10.0 Å². The van der Waals surface area contributed by atoms with Gasteiger partial charge in [-0.3, -0.25) is 4.90 Å². The molecule has 0 fully saturated rings. The molecule has 0 atom stereocenters. The van der Waals surface area contributed by atoms with E-state index in [-0.39, 0.29) is 6.03 Å². The first kappa shape index (κ1) is 12.1. The van der Waals surface area contributed by atoms with Crippen LogP contribution in [0.4, 0.5) is 10.5 Å². The number of carbonyl (C=O) groups is 1. The lowest BCUT2D eigenvalue weighted by Gasteiger charge is -2.22. The Morgan fingerprint density at radius 1 is 1.13 bits per heavy atom. The second-order valence-electron chi connectivity index (χ2n) is 3.33. The van der Waals surface area contributed by atoms with Crippen LogP contribution in [-0.4, -0.2) is 32.1 Å². The van der Waals surface area contributed by atoms with E-state index in [1.807, 2.05) is 0 Å². The van der Waals surface area contributed by atoms with Gasteiger partial charge in [-0.2, -0.15) is 0 Å². The van der Waals surface area contributed by atoms with Gasteiger partial charge in [0.1, 0.15) is 0 Å². The summed E-state index contributed by atoms with van der Waals surface area (Å²) in [5.74, 6) is 0. The predicted octanol–water partition coefficient (Wildman–Crippen LogP) is 3.11. The smallest absolute Gasteiger partial charge is 0.323 e. The van der Waals surface area contributed by atoms with Crippen LogP contribution in [0, 0.1) is 0 Å². The molecule has 1 aromatic rings. The lowest BCUT2D eigenvalue weighted by Crippen LogP contribution is -2.36. The standard InChI is InChI=1S/C10H12Cl2N2O/c1-13(2)10(15)14(3)7-4-5-8(11)9(12)6-7/h4-6H,1-3H3. The second-order valence-corrected chi connectivity index (χ2v) is 4.15. The predicted molar refractivity (Wildman–Crippen MR) is 63.9 cm³/mol. The van der Waals surface area contributed by atoms with Gasteiger partial charge in [-0.1, -0.05) is 23.2 Å². The molecule has 0 bridgehead atoms. The van der Waals surface area contributed by atoms with Crippen molar-refractivity contribution in [2.45, 2.75) is 0 Å². The normalized spacial score (nSPS) is 9.93. The minimum atomic E-state index is -0.117. The molecule has 5 heteroatoms. The minimum absolute atomic E-state index is 0.117. The van der Waals surface area contributed by atoms with Gasteiger partial charge in [0, 0.05) is 26.8 Å². The lowest BCUT2D eigenvalue weighted by atomic mass is 10.3. The Bertz CT molecular complexity index is 380. The lowest BCUT2D eigenvalue weighted by molar-refractivity contribution is 0.225. The number of anilines is 1. The molecule has 82 valence electrons. The summed E-state index contributed by atoms with van der Waals surface area (Å²) < 4.78 is 0. The molecule has 3 nitrogen and oxygen atoms in total. The number of rotatable bonds is 1. The van der Waals surface area contributed by atoms with Crippen molar-refractivity contribution >= 4 is 34.9 Å². The maximum absolute atomic E-state index is 11.6. The molecule has 0 saturated heterocycles. The van der Waals surface area contributed by atoms with Crippen LogP contribution in [-0.2, 0) is 0 Å². The van der Waals surface area contributed by atoms with Crippen molar-refractivity contribution in [1.29, 1.82) is 0 Å². The molecule has 0 saturated carbocycles. The van der Waals surface area contributed by atoms with E-state index < -0.39 is 0 Å². The maximum Gasteiger partial charge on any atom is 0.323 e. The summed E-state index contributed by atoms with van der Waals surface area (Å²) >= 11 is 11.6. The summed E-state index contributed by atoms with van der Waals surface area (Å²) in [4.78, 5) is 14.6. The molecule has 2 amide bonds. The first-order chi connectivity index (χ1) is 6.93. The third kappa shape index (κ3) is 2.76. The van der Waals surface area contributed by atoms with Crippen molar-refractivity contribution in [3.63, 3.8) is 0 Å². The van der Waals surface area contributed by atoms with E-state index in [1.54, 1.807) is 39.3 Å². The number of benzene rings is 1. The Morgan fingerprint density at radius 3 is 2.20 bits per heavy atom. The van der Waals surface area contributed by atoms with Gasteiger partial charge in [0.2, 0.25) is 0 Å². The monoisotopic (exact) mass is 246 g/mol. The van der Waals surface area contributed by atoms with Crippen LogP contribution in [0.5, 0.6) is 0 Å². The molecule has 0 aromatic heterocycles. The van der Waals surface area contributed by atoms with E-state index >= 15 is 0 Å². The van der Waals surface area contributed by atoms with Gasteiger partial charge in [-0.25, -0.2) is 4.79 Å². The number of hydrogen-bond donors (Lipinski definition) is 0. The summed E-state index contributed by atoms with van der Waals surface area (Å²) in [6.07, 6.45) is 0. The molecule has 1 aromatic carbocycles. The van der Waals surface area contributed by atoms with Gasteiger partial charge in [0.05, 0.1) is 10.0 Å². The summed E-state index contributed by atoms with van der Waals surface area (Å²) in [7, 11) is 5.06. The Balaban J connectivity index is 2.97. The summed E-state index contributed by atoms with van der Waals surface area (Å²) in [5, 5.41) is 0.915. The van der Waals surface area contributed by atoms with Gasteiger partial charge in [-0.15, -0.1) is 0 Å². The van der Waals surface area contributed by atoms with Crippen molar-refractivity contribution < 1.29 is 4.79 Å². The molecule has 0 aliphatic rings. The van der Waals surface area contributed by atoms with E-state index in [0.717, 1.165) is 0 Å². The van der Waals surface area contributed by atoms with E-state index in [0.29, 0.717) is 15.7 Å². The molecule has 1 rings (SSSR count). The molecule has 0 spiro atoms. The maximum atomic E-state index is 11.6. The molecule has 0 N–H and O–H groups in total. The number of carbonyl (C=O) groups excluding carboxylic acids is 1. The van der Waals surface area contributed by atoms with Gasteiger partial charge < -0.3 is 4.90 Å². The average molecular weight is 247 g/mol. The number of amides is 2. The van der Waals surface area contributed by atoms with Crippen LogP contribution in [0.25, 0.3) is 0 Å². The van der Waals surface area contributed by atoms with Gasteiger partial charge in [0.25, 0.3) is 0 Å². The molecule has 0 aliphatic carbocycles. The topological polar surface area (TPSA) is 23.6 Å². The van der Waals surface area contributed by atoms with Crippen LogP contribution >= 0.6 is 23.2 Å². The second kappa shape index (κ2) is 4.73. The molecule has 0 unspecified atom stereocenters. The highest BCUT2D eigenvalue weighted by Gasteiger charge is 2.13. The Morgan fingerprint density at radius 2 is 1.73 bits per heavy atom. The minimum Gasteiger partial charge on any atom is -0.330 e. The third-order valence-corrected chi connectivity index (χ3v) is 2.70. The summed E-state index contributed by atoms with van der Waals surface area (Å²) in [6.45, 7) is 0. The van der Waals surface area contributed by atoms with Crippen LogP contribution in [0.15, 0.2) is 18.2 Å². The number of halogens is 2. The van der Waals surface area contributed by atoms with Crippen molar-refractivity contribution in [2.24, 2.45) is 0 Å². The highest BCUT2D eigenvalue weighted by Crippen LogP contribution is 2.26. The number of hydrogen-bond acceptors (Lipinski definition) is 1. The SMILES string of the molecule is CN(C)C(=O)N(C)c1ccc(Cl)c(Cl)c1. The Hall–Kier alpha value is -0.930. The molecular formula is C10H12Cl2N2O. The van der Waals surface area contributed by atoms with Gasteiger partial charge in [-0.05, 0) is 18.2 Å². The largest absolute Gasteiger partial charge is 0.330 e. The number of nitrogens with zero attached hydrogens (tertiary/aromatic N) is 2. The highest BCUT2D eigenvalue weighted by molar-refractivity contribution is 6.42. The molecular weight excluding hydrogens is 235 g/mol. The molecule has 0 aliphatic heterocycles. The van der Waals surface area contributed by atoms with Gasteiger partial charge >= 0.3 is 6.03 Å². The first-order valence-electron chi connectivity index (χ1n) is 4.33. The van der Waals surface area contributed by atoms with E-state index in [1.165, 1.54) is 9.80 Å². The zero-order valence-electron chi connectivity index (χ0n) is 8.79. The summed E-state index contributed by atoms with van der Waals surface area (Å²) in [6, 6.07) is 4.95. The van der Waals surface area contributed by atoms with Crippen molar-refractivity contribution in [3.05, 3.63) is 28.2 Å². The van der Waals surface area contributed by atoms with Crippen LogP contribution in [0.3, 0.4) is 0 Å². The Labute approximate surface area is 99.2 Å². The fourth-order valence-electron chi connectivity index (χ4n) is 1.10. The van der Waals surface area contributed by atoms with Crippen LogP contribution < -0.4 is 4.90 Å². The molecule has 0 heterocycles. The zero-order chi connectivity index (χ0) is 11.6. The van der Waals surface area contributed by atoms with Crippen molar-refractivity contribution in [3.8, 4) is 0 Å². The van der Waals surface area contributed by atoms with Crippen LogP contribution in [0.1, 0.15) is 0 Å². The van der Waals surface area contributed by atoms with Crippen molar-refractivity contribution in [1.82, 2.24) is 4.90 Å². The fourth-order valence-corrected chi connectivity index (χ4v) is 1.40.